The lowest BCUT2D eigenvalue weighted by molar-refractivity contribution is -0.140. The highest BCUT2D eigenvalue weighted by Gasteiger charge is 2.46. The van der Waals surface area contributed by atoms with Crippen molar-refractivity contribution in [3.8, 4) is 17.2 Å². The standard InChI is InChI=1S/C30H31NO6/c1-5-36-24-10-6-8-21(16-24)27-26(28(32)22-9-7-11-25(17-22)37-19(2)3)29(33)30(34)31(27)18-20-12-14-23(35-4)15-13-20/h6-17,19,27,32H,5,18H2,1-4H3/b28-26-. The van der Waals surface area contributed by atoms with Gasteiger partial charge < -0.3 is 24.2 Å². The molecule has 0 spiro atoms. The third kappa shape index (κ3) is 5.61. The summed E-state index contributed by atoms with van der Waals surface area (Å²) in [5.74, 6) is 0.183. The summed E-state index contributed by atoms with van der Waals surface area (Å²) < 4.78 is 16.7. The Balaban J connectivity index is 1.83. The van der Waals surface area contributed by atoms with Gasteiger partial charge >= 0.3 is 0 Å². The maximum absolute atomic E-state index is 13.4. The Kier molecular flexibility index (Phi) is 7.82. The molecule has 0 aromatic heterocycles. The van der Waals surface area contributed by atoms with Gasteiger partial charge in [-0.1, -0.05) is 36.4 Å². The van der Waals surface area contributed by atoms with Crippen LogP contribution >= 0.6 is 0 Å². The predicted molar refractivity (Wildman–Crippen MR) is 141 cm³/mol. The smallest absolute Gasteiger partial charge is 0.295 e. The molecule has 0 saturated carbocycles. The van der Waals surface area contributed by atoms with Crippen molar-refractivity contribution >= 4 is 17.4 Å². The minimum Gasteiger partial charge on any atom is -0.507 e. The quantitative estimate of drug-likeness (QED) is 0.237. The molecule has 1 unspecified atom stereocenters. The van der Waals surface area contributed by atoms with Gasteiger partial charge in [0.2, 0.25) is 0 Å². The van der Waals surface area contributed by atoms with Gasteiger partial charge in [0.25, 0.3) is 11.7 Å². The lowest BCUT2D eigenvalue weighted by Gasteiger charge is -2.26. The van der Waals surface area contributed by atoms with E-state index in [1.54, 1.807) is 49.6 Å². The van der Waals surface area contributed by atoms with Crippen LogP contribution in [0, 0.1) is 0 Å². The Morgan fingerprint density at radius 3 is 2.32 bits per heavy atom. The number of aliphatic hydroxyl groups excluding tert-OH is 1. The first-order chi connectivity index (χ1) is 17.8. The number of methoxy groups -OCH3 is 1. The van der Waals surface area contributed by atoms with Gasteiger partial charge in [0.05, 0.1) is 31.4 Å². The summed E-state index contributed by atoms with van der Waals surface area (Å²) in [5.41, 5.74) is 1.90. The van der Waals surface area contributed by atoms with E-state index >= 15 is 0 Å². The van der Waals surface area contributed by atoms with E-state index in [9.17, 15) is 14.7 Å². The maximum atomic E-state index is 13.4. The Morgan fingerprint density at radius 1 is 0.946 bits per heavy atom. The minimum atomic E-state index is -0.808. The molecule has 1 N–H and O–H groups in total. The summed E-state index contributed by atoms with van der Waals surface area (Å²) in [5, 5.41) is 11.4. The summed E-state index contributed by atoms with van der Waals surface area (Å²) in [6.45, 7) is 6.34. The molecule has 3 aromatic rings. The molecule has 192 valence electrons. The molecular formula is C30H31NO6. The fourth-order valence-corrected chi connectivity index (χ4v) is 4.40. The zero-order chi connectivity index (χ0) is 26.5. The van der Waals surface area contributed by atoms with Crippen LogP contribution in [0.25, 0.3) is 5.76 Å². The summed E-state index contributed by atoms with van der Waals surface area (Å²) in [7, 11) is 1.58. The number of carbonyl (C=O) groups excluding carboxylic acids is 2. The number of benzene rings is 3. The summed E-state index contributed by atoms with van der Waals surface area (Å²) in [6.07, 6.45) is -0.0613. The molecule has 1 saturated heterocycles. The van der Waals surface area contributed by atoms with Crippen molar-refractivity contribution in [1.82, 2.24) is 4.90 Å². The van der Waals surface area contributed by atoms with Crippen LogP contribution in [0.15, 0.2) is 78.4 Å². The average Bonchev–Trinajstić information content (AvgIpc) is 3.14. The molecule has 1 aliphatic rings. The van der Waals surface area contributed by atoms with E-state index in [0.717, 1.165) is 5.56 Å². The highest BCUT2D eigenvalue weighted by atomic mass is 16.5. The van der Waals surface area contributed by atoms with Crippen molar-refractivity contribution < 1.29 is 28.9 Å². The number of amides is 1. The second-order valence-corrected chi connectivity index (χ2v) is 8.98. The van der Waals surface area contributed by atoms with Crippen LogP contribution in [0.4, 0.5) is 0 Å². The van der Waals surface area contributed by atoms with Crippen LogP contribution in [-0.4, -0.2) is 41.5 Å². The maximum Gasteiger partial charge on any atom is 0.295 e. The van der Waals surface area contributed by atoms with Crippen molar-refractivity contribution in [2.24, 2.45) is 0 Å². The van der Waals surface area contributed by atoms with Crippen molar-refractivity contribution in [1.29, 1.82) is 0 Å². The molecular weight excluding hydrogens is 470 g/mol. The fraction of sp³-hybridized carbons (Fsp3) is 0.267. The van der Waals surface area contributed by atoms with E-state index in [0.29, 0.717) is 35.0 Å². The predicted octanol–water partition coefficient (Wildman–Crippen LogP) is 5.50. The van der Waals surface area contributed by atoms with Gasteiger partial charge in [-0.3, -0.25) is 9.59 Å². The summed E-state index contributed by atoms with van der Waals surface area (Å²) in [6, 6.07) is 20.6. The van der Waals surface area contributed by atoms with Crippen molar-refractivity contribution in [2.75, 3.05) is 13.7 Å². The first-order valence-electron chi connectivity index (χ1n) is 12.2. The van der Waals surface area contributed by atoms with Gasteiger partial charge in [0.1, 0.15) is 23.0 Å². The first kappa shape index (κ1) is 25.8. The molecule has 7 heteroatoms. The molecule has 1 fully saturated rings. The van der Waals surface area contributed by atoms with E-state index < -0.39 is 17.7 Å². The zero-order valence-electron chi connectivity index (χ0n) is 21.4. The lowest BCUT2D eigenvalue weighted by atomic mass is 9.95. The second-order valence-electron chi connectivity index (χ2n) is 8.98. The molecule has 1 aliphatic heterocycles. The highest BCUT2D eigenvalue weighted by molar-refractivity contribution is 6.46. The second kappa shape index (κ2) is 11.2. The molecule has 0 bridgehead atoms. The number of Topliss-reactive ketones (excluding diaryl/α,β-unsaturated/α-hetero) is 1. The molecule has 0 radical (unpaired) electrons. The number of carbonyl (C=O) groups is 2. The third-order valence-electron chi connectivity index (χ3n) is 6.02. The fourth-order valence-electron chi connectivity index (χ4n) is 4.40. The van der Waals surface area contributed by atoms with Crippen LogP contribution < -0.4 is 14.2 Å². The molecule has 37 heavy (non-hydrogen) atoms. The Labute approximate surface area is 216 Å². The zero-order valence-corrected chi connectivity index (χ0v) is 21.4. The molecule has 0 aliphatic carbocycles. The van der Waals surface area contributed by atoms with Gasteiger partial charge in [0, 0.05) is 12.1 Å². The third-order valence-corrected chi connectivity index (χ3v) is 6.02. The van der Waals surface area contributed by atoms with Crippen molar-refractivity contribution in [2.45, 2.75) is 39.5 Å². The molecule has 1 amide bonds. The lowest BCUT2D eigenvalue weighted by Crippen LogP contribution is -2.29. The van der Waals surface area contributed by atoms with E-state index in [4.69, 9.17) is 14.2 Å². The number of likely N-dealkylation sites (tertiary alicyclic amines) is 1. The van der Waals surface area contributed by atoms with Crippen LogP contribution in [0.3, 0.4) is 0 Å². The van der Waals surface area contributed by atoms with Gasteiger partial charge in [-0.15, -0.1) is 0 Å². The number of hydrogen-bond donors (Lipinski definition) is 1. The van der Waals surface area contributed by atoms with E-state index in [1.807, 2.05) is 51.1 Å². The Hall–Kier alpha value is -4.26. The minimum absolute atomic E-state index is 0.0221. The van der Waals surface area contributed by atoms with Crippen molar-refractivity contribution in [3.63, 3.8) is 0 Å². The van der Waals surface area contributed by atoms with Gasteiger partial charge in [-0.2, -0.15) is 0 Å². The van der Waals surface area contributed by atoms with E-state index in [-0.39, 0.29) is 24.0 Å². The van der Waals surface area contributed by atoms with E-state index in [1.165, 1.54) is 4.90 Å². The van der Waals surface area contributed by atoms with Crippen LogP contribution in [0.1, 0.15) is 43.5 Å². The summed E-state index contributed by atoms with van der Waals surface area (Å²) >= 11 is 0. The molecule has 3 aromatic carbocycles. The Bertz CT molecular complexity index is 1310. The SMILES string of the molecule is CCOc1cccc(C2/C(=C(/O)c3cccc(OC(C)C)c3)C(=O)C(=O)N2Cc2ccc(OC)cc2)c1. The molecule has 7 nitrogen and oxygen atoms in total. The normalized spacial score (nSPS) is 16.8. The average molecular weight is 502 g/mol. The number of rotatable bonds is 9. The number of hydrogen-bond acceptors (Lipinski definition) is 6. The van der Waals surface area contributed by atoms with Crippen molar-refractivity contribution in [3.05, 3.63) is 95.1 Å². The van der Waals surface area contributed by atoms with Crippen LogP contribution in [-0.2, 0) is 16.1 Å². The number of ketones is 1. The number of nitrogens with zero attached hydrogens (tertiary/aromatic N) is 1. The molecule has 1 heterocycles. The highest BCUT2D eigenvalue weighted by Crippen LogP contribution is 2.41. The number of aliphatic hydroxyl groups is 1. The van der Waals surface area contributed by atoms with Crippen LogP contribution in [0.5, 0.6) is 17.2 Å². The molecule has 1 atom stereocenters. The first-order valence-corrected chi connectivity index (χ1v) is 12.2. The van der Waals surface area contributed by atoms with Gasteiger partial charge in [0.15, 0.2) is 0 Å². The topological polar surface area (TPSA) is 85.3 Å². The molecule has 4 rings (SSSR count). The Morgan fingerprint density at radius 2 is 1.65 bits per heavy atom. The van der Waals surface area contributed by atoms with Crippen LogP contribution in [0.2, 0.25) is 0 Å². The van der Waals surface area contributed by atoms with Gasteiger partial charge in [-0.25, -0.2) is 0 Å². The van der Waals surface area contributed by atoms with Gasteiger partial charge in [-0.05, 0) is 68.3 Å². The summed E-state index contributed by atoms with van der Waals surface area (Å²) in [4.78, 5) is 28.2. The largest absolute Gasteiger partial charge is 0.507 e. The van der Waals surface area contributed by atoms with E-state index in [2.05, 4.69) is 0 Å². The number of ether oxygens (including phenoxy) is 3. The monoisotopic (exact) mass is 501 g/mol.